The fraction of sp³-hybridized carbons (Fsp3) is 0.240. The lowest BCUT2D eigenvalue weighted by Gasteiger charge is -2.14. The van der Waals surface area contributed by atoms with Gasteiger partial charge in [0.05, 0.1) is 28.7 Å². The second-order valence-corrected chi connectivity index (χ2v) is 7.64. The van der Waals surface area contributed by atoms with Crippen molar-refractivity contribution in [3.63, 3.8) is 0 Å². The van der Waals surface area contributed by atoms with E-state index in [0.717, 1.165) is 34.7 Å². The van der Waals surface area contributed by atoms with Gasteiger partial charge in [0.15, 0.2) is 0 Å². The molecule has 6 nitrogen and oxygen atoms in total. The molecule has 2 heterocycles. The first-order valence-electron chi connectivity index (χ1n) is 10.5. The summed E-state index contributed by atoms with van der Waals surface area (Å²) in [5.41, 5.74) is 5.84. The highest BCUT2D eigenvalue weighted by Crippen LogP contribution is 2.28. The van der Waals surface area contributed by atoms with Crippen molar-refractivity contribution in [2.24, 2.45) is 0 Å². The molecule has 0 aliphatic carbocycles. The third-order valence-corrected chi connectivity index (χ3v) is 5.51. The van der Waals surface area contributed by atoms with E-state index in [2.05, 4.69) is 10.4 Å². The molecule has 0 fully saturated rings. The summed E-state index contributed by atoms with van der Waals surface area (Å²) < 4.78 is 3.73. The predicted octanol–water partition coefficient (Wildman–Crippen LogP) is 4.86. The summed E-state index contributed by atoms with van der Waals surface area (Å²) in [6.45, 7) is 8.74. The van der Waals surface area contributed by atoms with Gasteiger partial charge < -0.3 is 5.32 Å². The van der Waals surface area contributed by atoms with Gasteiger partial charge in [-0.3, -0.25) is 9.48 Å². The number of benzene rings is 2. The second kappa shape index (κ2) is 8.60. The van der Waals surface area contributed by atoms with Gasteiger partial charge in [-0.1, -0.05) is 48.5 Å². The maximum absolute atomic E-state index is 13.5. The van der Waals surface area contributed by atoms with E-state index in [4.69, 9.17) is 5.10 Å². The van der Waals surface area contributed by atoms with Gasteiger partial charge in [0, 0.05) is 23.9 Å². The average Bonchev–Trinajstić information content (AvgIpc) is 3.34. The monoisotopic (exact) mass is 413 g/mol. The lowest BCUT2D eigenvalue weighted by Crippen LogP contribution is -2.27. The summed E-state index contributed by atoms with van der Waals surface area (Å²) in [5.74, 6) is -0.144. The van der Waals surface area contributed by atoms with Crippen molar-refractivity contribution in [2.45, 2.75) is 40.3 Å². The standard InChI is InChI=1S/C25H27N5O/c1-5-29-16-22(18(3)27-29)17(2)26-25(31)23-19(4)30(21-14-10-7-11-15-21)28-24(23)20-12-8-6-9-13-20/h6-17H,5H2,1-4H3,(H,26,31). The van der Waals surface area contributed by atoms with Gasteiger partial charge in [0.1, 0.15) is 5.69 Å². The lowest BCUT2D eigenvalue weighted by atomic mass is 10.0. The van der Waals surface area contributed by atoms with Crippen molar-refractivity contribution in [1.29, 1.82) is 0 Å². The van der Waals surface area contributed by atoms with E-state index in [-0.39, 0.29) is 11.9 Å². The molecule has 158 valence electrons. The van der Waals surface area contributed by atoms with E-state index in [0.29, 0.717) is 11.3 Å². The minimum Gasteiger partial charge on any atom is -0.345 e. The number of aryl methyl sites for hydroxylation is 2. The van der Waals surface area contributed by atoms with Gasteiger partial charge in [-0.2, -0.15) is 10.2 Å². The van der Waals surface area contributed by atoms with Crippen LogP contribution in [0.2, 0.25) is 0 Å². The molecule has 4 rings (SSSR count). The number of hydrogen-bond donors (Lipinski definition) is 1. The third kappa shape index (κ3) is 4.01. The number of carbonyl (C=O) groups is 1. The van der Waals surface area contributed by atoms with Crippen LogP contribution in [0.5, 0.6) is 0 Å². The summed E-state index contributed by atoms with van der Waals surface area (Å²) >= 11 is 0. The zero-order valence-corrected chi connectivity index (χ0v) is 18.3. The number of aromatic nitrogens is 4. The van der Waals surface area contributed by atoms with Crippen molar-refractivity contribution < 1.29 is 4.79 Å². The molecule has 0 radical (unpaired) electrons. The van der Waals surface area contributed by atoms with Crippen LogP contribution in [-0.4, -0.2) is 25.5 Å². The number of nitrogens with zero attached hydrogens (tertiary/aromatic N) is 4. The fourth-order valence-corrected chi connectivity index (χ4v) is 3.86. The number of para-hydroxylation sites is 1. The average molecular weight is 414 g/mol. The second-order valence-electron chi connectivity index (χ2n) is 7.64. The van der Waals surface area contributed by atoms with Crippen LogP contribution in [0.4, 0.5) is 0 Å². The molecule has 1 unspecified atom stereocenters. The molecule has 1 atom stereocenters. The Morgan fingerprint density at radius 2 is 1.65 bits per heavy atom. The largest absolute Gasteiger partial charge is 0.345 e. The number of amides is 1. The molecule has 1 N–H and O–H groups in total. The molecule has 2 aromatic heterocycles. The smallest absolute Gasteiger partial charge is 0.255 e. The maximum Gasteiger partial charge on any atom is 0.255 e. The van der Waals surface area contributed by atoms with Crippen LogP contribution in [0.1, 0.15) is 47.2 Å². The van der Waals surface area contributed by atoms with Crippen LogP contribution in [-0.2, 0) is 6.54 Å². The maximum atomic E-state index is 13.5. The molecule has 0 bridgehead atoms. The van der Waals surface area contributed by atoms with Crippen molar-refractivity contribution in [3.8, 4) is 16.9 Å². The molecule has 6 heteroatoms. The number of carbonyl (C=O) groups excluding carboxylic acids is 1. The van der Waals surface area contributed by atoms with E-state index < -0.39 is 0 Å². The first kappa shape index (κ1) is 20.6. The number of rotatable bonds is 6. The van der Waals surface area contributed by atoms with E-state index in [1.807, 2.05) is 104 Å². The highest BCUT2D eigenvalue weighted by Gasteiger charge is 2.25. The SMILES string of the molecule is CCn1cc(C(C)NC(=O)c2c(-c3ccccc3)nn(-c3ccccc3)c2C)c(C)n1. The Kier molecular flexibility index (Phi) is 5.71. The molecular formula is C25H27N5O. The van der Waals surface area contributed by atoms with Gasteiger partial charge in [0.2, 0.25) is 0 Å². The van der Waals surface area contributed by atoms with E-state index >= 15 is 0 Å². The van der Waals surface area contributed by atoms with Crippen LogP contribution in [0.3, 0.4) is 0 Å². The summed E-state index contributed by atoms with van der Waals surface area (Å²) in [4.78, 5) is 13.5. The van der Waals surface area contributed by atoms with Gasteiger partial charge >= 0.3 is 0 Å². The van der Waals surface area contributed by atoms with Gasteiger partial charge in [0.25, 0.3) is 5.91 Å². The molecular weight excluding hydrogens is 386 g/mol. The Morgan fingerprint density at radius 1 is 1.00 bits per heavy atom. The fourth-order valence-electron chi connectivity index (χ4n) is 3.86. The quantitative estimate of drug-likeness (QED) is 0.491. The Balaban J connectivity index is 1.74. The van der Waals surface area contributed by atoms with Gasteiger partial charge in [-0.05, 0) is 39.8 Å². The topological polar surface area (TPSA) is 64.7 Å². The first-order valence-corrected chi connectivity index (χ1v) is 10.5. The molecule has 0 aliphatic heterocycles. The molecule has 2 aromatic carbocycles. The zero-order valence-electron chi connectivity index (χ0n) is 18.3. The van der Waals surface area contributed by atoms with Crippen LogP contribution in [0, 0.1) is 13.8 Å². The molecule has 4 aromatic rings. The Bertz CT molecular complexity index is 1190. The molecule has 1 amide bonds. The van der Waals surface area contributed by atoms with E-state index in [1.165, 1.54) is 0 Å². The zero-order chi connectivity index (χ0) is 22.0. The first-order chi connectivity index (χ1) is 15.0. The summed E-state index contributed by atoms with van der Waals surface area (Å²) in [6.07, 6.45) is 2.00. The van der Waals surface area contributed by atoms with Crippen LogP contribution < -0.4 is 5.32 Å². The van der Waals surface area contributed by atoms with Crippen LogP contribution in [0.25, 0.3) is 16.9 Å². The summed E-state index contributed by atoms with van der Waals surface area (Å²) in [5, 5.41) is 12.5. The van der Waals surface area contributed by atoms with Gasteiger partial charge in [-0.25, -0.2) is 4.68 Å². The van der Waals surface area contributed by atoms with E-state index in [1.54, 1.807) is 0 Å². The molecule has 0 aliphatic rings. The third-order valence-electron chi connectivity index (χ3n) is 5.51. The van der Waals surface area contributed by atoms with Crippen LogP contribution >= 0.6 is 0 Å². The summed E-state index contributed by atoms with van der Waals surface area (Å²) in [7, 11) is 0. The molecule has 0 saturated carbocycles. The molecule has 0 spiro atoms. The Labute approximate surface area is 182 Å². The number of hydrogen-bond acceptors (Lipinski definition) is 3. The van der Waals surface area contributed by atoms with Crippen molar-refractivity contribution in [2.75, 3.05) is 0 Å². The predicted molar refractivity (Wildman–Crippen MR) is 122 cm³/mol. The lowest BCUT2D eigenvalue weighted by molar-refractivity contribution is 0.0940. The van der Waals surface area contributed by atoms with Crippen LogP contribution in [0.15, 0.2) is 66.9 Å². The van der Waals surface area contributed by atoms with Crippen molar-refractivity contribution in [1.82, 2.24) is 24.9 Å². The normalized spacial score (nSPS) is 12.0. The minimum absolute atomic E-state index is 0.144. The molecule has 31 heavy (non-hydrogen) atoms. The van der Waals surface area contributed by atoms with Gasteiger partial charge in [-0.15, -0.1) is 0 Å². The molecule has 0 saturated heterocycles. The van der Waals surface area contributed by atoms with Crippen molar-refractivity contribution >= 4 is 5.91 Å². The highest BCUT2D eigenvalue weighted by atomic mass is 16.1. The number of nitrogens with one attached hydrogen (secondary N) is 1. The highest BCUT2D eigenvalue weighted by molar-refractivity contribution is 6.01. The minimum atomic E-state index is -0.170. The van der Waals surface area contributed by atoms with E-state index in [9.17, 15) is 4.79 Å². The summed E-state index contributed by atoms with van der Waals surface area (Å²) in [6, 6.07) is 19.5. The Hall–Kier alpha value is -3.67. The Morgan fingerprint density at radius 3 is 2.26 bits per heavy atom. The van der Waals surface area contributed by atoms with Crippen molar-refractivity contribution in [3.05, 3.63) is 89.4 Å².